The molecule has 1 rings (SSSR count). The minimum absolute atomic E-state index is 0.0149. The van der Waals surface area contributed by atoms with Crippen LogP contribution in [0.2, 0.25) is 0 Å². The zero-order valence-corrected chi connectivity index (χ0v) is 13.0. The van der Waals surface area contributed by atoms with Gasteiger partial charge in [-0.3, -0.25) is 0 Å². The van der Waals surface area contributed by atoms with Crippen molar-refractivity contribution in [2.45, 2.75) is 31.3 Å². The molecule has 0 saturated carbocycles. The van der Waals surface area contributed by atoms with Crippen molar-refractivity contribution in [2.24, 2.45) is 5.92 Å². The third kappa shape index (κ3) is 4.68. The first-order valence-electron chi connectivity index (χ1n) is 6.37. The molecule has 2 amide bonds. The fourth-order valence-electron chi connectivity index (χ4n) is 1.38. The van der Waals surface area contributed by atoms with Crippen LogP contribution in [-0.2, 0) is 0 Å². The number of carbonyl (C=O) groups is 1. The van der Waals surface area contributed by atoms with Gasteiger partial charge in [-0.25, -0.2) is 9.18 Å². The van der Waals surface area contributed by atoms with Crippen LogP contribution < -0.4 is 10.6 Å². The van der Waals surface area contributed by atoms with Crippen LogP contribution in [-0.4, -0.2) is 29.5 Å². The molecule has 0 spiro atoms. The first-order chi connectivity index (χ1) is 9.26. The number of rotatable bonds is 5. The second-order valence-electron chi connectivity index (χ2n) is 5.17. The Morgan fingerprint density at radius 1 is 1.50 bits per heavy atom. The summed E-state index contributed by atoms with van der Waals surface area (Å²) in [7, 11) is 0. The Labute approximate surface area is 123 Å². The highest BCUT2D eigenvalue weighted by Gasteiger charge is 2.25. The van der Waals surface area contributed by atoms with Gasteiger partial charge in [-0.15, -0.1) is 11.8 Å². The average Bonchev–Trinajstić information content (AvgIpc) is 2.36. The Morgan fingerprint density at radius 2 is 2.15 bits per heavy atom. The Bertz CT molecular complexity index is 478. The molecule has 0 heterocycles. The summed E-state index contributed by atoms with van der Waals surface area (Å²) in [5.74, 6) is -0.356. The van der Waals surface area contributed by atoms with E-state index in [0.29, 0.717) is 10.6 Å². The van der Waals surface area contributed by atoms with Crippen LogP contribution in [0.15, 0.2) is 23.1 Å². The number of hydrogen-bond donors (Lipinski definition) is 3. The molecule has 20 heavy (non-hydrogen) atoms. The first-order valence-corrected chi connectivity index (χ1v) is 7.59. The lowest BCUT2D eigenvalue weighted by molar-refractivity contribution is 0.0170. The Kier molecular flexibility index (Phi) is 5.83. The molecule has 0 aliphatic rings. The molecule has 0 aliphatic carbocycles. The van der Waals surface area contributed by atoms with Gasteiger partial charge in [0.05, 0.1) is 5.60 Å². The maximum absolute atomic E-state index is 13.5. The molecule has 1 aromatic rings. The van der Waals surface area contributed by atoms with E-state index < -0.39 is 11.6 Å². The van der Waals surface area contributed by atoms with Crippen LogP contribution in [0, 0.1) is 11.7 Å². The molecule has 1 atom stereocenters. The van der Waals surface area contributed by atoms with E-state index in [1.165, 1.54) is 17.8 Å². The van der Waals surface area contributed by atoms with Crippen molar-refractivity contribution >= 4 is 23.5 Å². The summed E-state index contributed by atoms with van der Waals surface area (Å²) >= 11 is 1.30. The smallest absolute Gasteiger partial charge is 0.319 e. The number of carbonyl (C=O) groups excluding carboxylic acids is 1. The van der Waals surface area contributed by atoms with Crippen molar-refractivity contribution < 1.29 is 14.3 Å². The first kappa shape index (κ1) is 16.8. The van der Waals surface area contributed by atoms with Crippen LogP contribution in [0.3, 0.4) is 0 Å². The molecule has 1 unspecified atom stereocenters. The number of urea groups is 1. The largest absolute Gasteiger partial charge is 0.388 e. The highest BCUT2D eigenvalue weighted by molar-refractivity contribution is 7.98. The Hall–Kier alpha value is -1.27. The zero-order valence-electron chi connectivity index (χ0n) is 12.2. The molecular weight excluding hydrogens is 279 g/mol. The van der Waals surface area contributed by atoms with E-state index in [-0.39, 0.29) is 18.3 Å². The van der Waals surface area contributed by atoms with Gasteiger partial charge in [0.25, 0.3) is 0 Å². The summed E-state index contributed by atoms with van der Waals surface area (Å²) in [5.41, 5.74) is -0.604. The van der Waals surface area contributed by atoms with Crippen LogP contribution in [0.4, 0.5) is 14.9 Å². The zero-order chi connectivity index (χ0) is 15.3. The second-order valence-corrected chi connectivity index (χ2v) is 6.02. The molecule has 112 valence electrons. The lowest BCUT2D eigenvalue weighted by Crippen LogP contribution is -2.45. The molecule has 0 aromatic heterocycles. The van der Waals surface area contributed by atoms with E-state index in [9.17, 15) is 14.3 Å². The topological polar surface area (TPSA) is 61.4 Å². The van der Waals surface area contributed by atoms with Gasteiger partial charge in [0, 0.05) is 17.1 Å². The monoisotopic (exact) mass is 300 g/mol. The summed E-state index contributed by atoms with van der Waals surface area (Å²) < 4.78 is 13.5. The minimum Gasteiger partial charge on any atom is -0.388 e. The van der Waals surface area contributed by atoms with E-state index >= 15 is 0 Å². The van der Waals surface area contributed by atoms with Gasteiger partial charge in [0.15, 0.2) is 0 Å². The molecule has 0 radical (unpaired) electrons. The maximum Gasteiger partial charge on any atom is 0.319 e. The lowest BCUT2D eigenvalue weighted by Gasteiger charge is -2.27. The number of hydrogen-bond acceptors (Lipinski definition) is 3. The average molecular weight is 300 g/mol. The summed E-state index contributed by atoms with van der Waals surface area (Å²) in [6.07, 6.45) is 1.78. The third-order valence-electron chi connectivity index (χ3n) is 3.26. The third-order valence-corrected chi connectivity index (χ3v) is 4.03. The number of amides is 2. The predicted molar refractivity (Wildman–Crippen MR) is 80.7 cm³/mol. The summed E-state index contributed by atoms with van der Waals surface area (Å²) in [6, 6.07) is 4.04. The van der Waals surface area contributed by atoms with Gasteiger partial charge >= 0.3 is 6.03 Å². The van der Waals surface area contributed by atoms with E-state index in [1.807, 2.05) is 13.8 Å². The molecule has 3 N–H and O–H groups in total. The Balaban J connectivity index is 2.57. The maximum atomic E-state index is 13.5. The number of halogens is 1. The summed E-state index contributed by atoms with van der Waals surface area (Å²) in [4.78, 5) is 12.2. The standard InChI is InChI=1S/C14H21FN2O2S/c1-9(2)14(3,19)8-16-13(18)17-10-5-6-12(20-4)11(15)7-10/h5-7,9,19H,8H2,1-4H3,(H2,16,17,18). The highest BCUT2D eigenvalue weighted by atomic mass is 32.2. The molecule has 0 aliphatic heterocycles. The quantitative estimate of drug-likeness (QED) is 0.732. The van der Waals surface area contributed by atoms with Crippen molar-refractivity contribution in [2.75, 3.05) is 18.1 Å². The van der Waals surface area contributed by atoms with Gasteiger partial charge in [-0.2, -0.15) is 0 Å². The number of thioether (sulfide) groups is 1. The number of benzene rings is 1. The molecule has 0 saturated heterocycles. The van der Waals surface area contributed by atoms with E-state index in [2.05, 4.69) is 10.6 Å². The van der Waals surface area contributed by atoms with Gasteiger partial charge in [-0.05, 0) is 37.3 Å². The fourth-order valence-corrected chi connectivity index (χ4v) is 1.84. The Morgan fingerprint density at radius 3 is 2.65 bits per heavy atom. The molecule has 6 heteroatoms. The van der Waals surface area contributed by atoms with Crippen molar-refractivity contribution in [1.82, 2.24) is 5.32 Å². The molecule has 0 bridgehead atoms. The van der Waals surface area contributed by atoms with E-state index in [0.717, 1.165) is 0 Å². The van der Waals surface area contributed by atoms with Gasteiger partial charge < -0.3 is 15.7 Å². The molecule has 4 nitrogen and oxygen atoms in total. The predicted octanol–water partition coefficient (Wildman–Crippen LogP) is 3.08. The normalized spacial score (nSPS) is 13.9. The van der Waals surface area contributed by atoms with Gasteiger partial charge in [0.2, 0.25) is 0 Å². The van der Waals surface area contributed by atoms with Crippen molar-refractivity contribution in [3.63, 3.8) is 0 Å². The number of nitrogens with one attached hydrogen (secondary N) is 2. The van der Waals surface area contributed by atoms with Gasteiger partial charge in [0.1, 0.15) is 5.82 Å². The summed E-state index contributed by atoms with van der Waals surface area (Å²) in [5, 5.41) is 15.1. The second kappa shape index (κ2) is 6.95. The molecular formula is C14H21FN2O2S. The SMILES string of the molecule is CSc1ccc(NC(=O)NCC(C)(O)C(C)C)cc1F. The molecule has 0 fully saturated rings. The van der Waals surface area contributed by atoms with Gasteiger partial charge in [-0.1, -0.05) is 13.8 Å². The van der Waals surface area contributed by atoms with Crippen LogP contribution in [0.1, 0.15) is 20.8 Å². The number of aliphatic hydroxyl groups is 1. The highest BCUT2D eigenvalue weighted by Crippen LogP contribution is 2.22. The van der Waals surface area contributed by atoms with Crippen LogP contribution >= 0.6 is 11.8 Å². The van der Waals surface area contributed by atoms with Crippen molar-refractivity contribution in [3.05, 3.63) is 24.0 Å². The number of anilines is 1. The molecule has 1 aromatic carbocycles. The van der Waals surface area contributed by atoms with Crippen LogP contribution in [0.25, 0.3) is 0 Å². The van der Waals surface area contributed by atoms with Crippen LogP contribution in [0.5, 0.6) is 0 Å². The summed E-state index contributed by atoms with van der Waals surface area (Å²) in [6.45, 7) is 5.53. The fraction of sp³-hybridized carbons (Fsp3) is 0.500. The van der Waals surface area contributed by atoms with E-state index in [1.54, 1.807) is 25.3 Å². The van der Waals surface area contributed by atoms with Crippen molar-refractivity contribution in [3.8, 4) is 0 Å². The minimum atomic E-state index is -0.981. The lowest BCUT2D eigenvalue weighted by atomic mass is 9.93. The van der Waals surface area contributed by atoms with E-state index in [4.69, 9.17) is 0 Å². The van der Waals surface area contributed by atoms with Crippen molar-refractivity contribution in [1.29, 1.82) is 0 Å².